The number of piperidine rings is 1. The van der Waals surface area contributed by atoms with Crippen molar-refractivity contribution >= 4 is 21.9 Å². The number of hydrogen-bond acceptors (Lipinski definition) is 6. The number of benzene rings is 2. The van der Waals surface area contributed by atoms with Crippen LogP contribution in [0.5, 0.6) is 5.75 Å². The number of aliphatic hydroxyl groups is 1. The van der Waals surface area contributed by atoms with Gasteiger partial charge in [-0.3, -0.25) is 4.98 Å². The standard InChI is InChI=1S/C27H31N3O3.C3H8/c1-18-12-20-13-19(6-7-27(20)33-18)15-28-21-8-10-30(11-9-21)17-26(31)23-4-3-5-25-24(23)14-22(32-2)16-29-25;1-3-2/h3-7,12-14,16,21,26,28,31H,8-11,15,17H2,1-2H3;3H2,1-2H3. The van der Waals surface area contributed by atoms with E-state index in [2.05, 4.69) is 53.3 Å². The van der Waals surface area contributed by atoms with Gasteiger partial charge in [0.2, 0.25) is 0 Å². The Bertz CT molecular complexity index is 1260. The highest BCUT2D eigenvalue weighted by atomic mass is 16.5. The Morgan fingerprint density at radius 1 is 1.14 bits per heavy atom. The third-order valence-electron chi connectivity index (χ3n) is 6.65. The van der Waals surface area contributed by atoms with Crippen molar-refractivity contribution in [3.05, 3.63) is 71.6 Å². The summed E-state index contributed by atoms with van der Waals surface area (Å²) < 4.78 is 11.0. The molecule has 2 N–H and O–H groups in total. The van der Waals surface area contributed by atoms with Crippen molar-refractivity contribution in [2.24, 2.45) is 0 Å². The Balaban J connectivity index is 0.000000967. The zero-order valence-electron chi connectivity index (χ0n) is 22.0. The minimum absolute atomic E-state index is 0.492. The van der Waals surface area contributed by atoms with Gasteiger partial charge in [0.1, 0.15) is 17.1 Å². The summed E-state index contributed by atoms with van der Waals surface area (Å²) in [4.78, 5) is 6.81. The molecule has 1 fully saturated rings. The van der Waals surface area contributed by atoms with Crippen molar-refractivity contribution in [3.63, 3.8) is 0 Å². The van der Waals surface area contributed by atoms with E-state index >= 15 is 0 Å². The lowest BCUT2D eigenvalue weighted by Crippen LogP contribution is -2.43. The van der Waals surface area contributed by atoms with E-state index in [9.17, 15) is 5.11 Å². The zero-order valence-corrected chi connectivity index (χ0v) is 22.0. The first-order valence-corrected chi connectivity index (χ1v) is 13.1. The van der Waals surface area contributed by atoms with Gasteiger partial charge in [-0.15, -0.1) is 0 Å². The third-order valence-corrected chi connectivity index (χ3v) is 6.65. The van der Waals surface area contributed by atoms with E-state index in [0.717, 1.165) is 65.7 Å². The molecule has 36 heavy (non-hydrogen) atoms. The van der Waals surface area contributed by atoms with Gasteiger partial charge < -0.3 is 24.5 Å². The first-order valence-electron chi connectivity index (χ1n) is 13.1. The number of rotatable bonds is 7. The molecule has 0 aliphatic carbocycles. The second kappa shape index (κ2) is 12.3. The van der Waals surface area contributed by atoms with Crippen molar-refractivity contribution in [3.8, 4) is 5.75 Å². The number of aromatic nitrogens is 1. The Hall–Kier alpha value is -2.93. The summed E-state index contributed by atoms with van der Waals surface area (Å²) in [6.45, 7) is 9.66. The van der Waals surface area contributed by atoms with Crippen LogP contribution in [0.4, 0.5) is 0 Å². The average Bonchev–Trinajstić information content (AvgIpc) is 3.27. The maximum absolute atomic E-state index is 11.0. The number of β-amino-alcohol motifs (C(OH)–C–C–N with tert-alkyl or cyclic N) is 1. The van der Waals surface area contributed by atoms with E-state index in [1.54, 1.807) is 13.3 Å². The quantitative estimate of drug-likeness (QED) is 0.332. The van der Waals surface area contributed by atoms with Crippen LogP contribution >= 0.6 is 0 Å². The predicted molar refractivity (Wildman–Crippen MR) is 146 cm³/mol. The van der Waals surface area contributed by atoms with Crippen LogP contribution in [-0.4, -0.2) is 47.8 Å². The fourth-order valence-electron chi connectivity index (χ4n) is 4.82. The highest BCUT2D eigenvalue weighted by molar-refractivity contribution is 5.83. The lowest BCUT2D eigenvalue weighted by atomic mass is 10.0. The second-order valence-corrected chi connectivity index (χ2v) is 9.70. The third kappa shape index (κ3) is 6.44. The molecular formula is C30H39N3O3. The molecule has 0 spiro atoms. The fourth-order valence-corrected chi connectivity index (χ4v) is 4.82. The number of pyridine rings is 1. The molecule has 4 aromatic rings. The number of fused-ring (bicyclic) bond motifs is 2. The summed E-state index contributed by atoms with van der Waals surface area (Å²) in [6, 6.07) is 16.8. The van der Waals surface area contributed by atoms with Crippen LogP contribution in [0, 0.1) is 6.92 Å². The van der Waals surface area contributed by atoms with E-state index in [0.29, 0.717) is 18.3 Å². The number of aryl methyl sites for hydroxylation is 1. The maximum Gasteiger partial charge on any atom is 0.137 e. The maximum atomic E-state index is 11.0. The van der Waals surface area contributed by atoms with Crippen LogP contribution in [0.25, 0.3) is 21.9 Å². The van der Waals surface area contributed by atoms with Gasteiger partial charge in [-0.2, -0.15) is 0 Å². The normalized spacial score (nSPS) is 15.6. The monoisotopic (exact) mass is 489 g/mol. The summed E-state index contributed by atoms with van der Waals surface area (Å²) >= 11 is 0. The molecule has 192 valence electrons. The van der Waals surface area contributed by atoms with Crippen LogP contribution < -0.4 is 10.1 Å². The van der Waals surface area contributed by atoms with Crippen LogP contribution in [0.15, 0.2) is 59.1 Å². The molecule has 2 aromatic heterocycles. The van der Waals surface area contributed by atoms with E-state index < -0.39 is 6.10 Å². The number of nitrogens with one attached hydrogen (secondary N) is 1. The minimum atomic E-state index is -0.558. The van der Waals surface area contributed by atoms with Gasteiger partial charge in [0.25, 0.3) is 0 Å². The van der Waals surface area contributed by atoms with Crippen molar-refractivity contribution < 1.29 is 14.3 Å². The van der Waals surface area contributed by atoms with Crippen LogP contribution in [0.1, 0.15) is 56.1 Å². The Kier molecular flexibility index (Phi) is 8.97. The Labute approximate surface area is 214 Å². The molecular weight excluding hydrogens is 450 g/mol. The van der Waals surface area contributed by atoms with E-state index in [-0.39, 0.29) is 0 Å². The highest BCUT2D eigenvalue weighted by Crippen LogP contribution is 2.28. The van der Waals surface area contributed by atoms with E-state index in [1.165, 1.54) is 12.0 Å². The van der Waals surface area contributed by atoms with Crippen molar-refractivity contribution in [1.29, 1.82) is 0 Å². The fraction of sp³-hybridized carbons (Fsp3) is 0.433. The molecule has 0 radical (unpaired) electrons. The number of nitrogens with zero attached hydrogens (tertiary/aromatic N) is 2. The SMILES string of the molecule is CCC.COc1cnc2cccc(C(O)CN3CCC(NCc4ccc5oc(C)cc5c4)CC3)c2c1. The summed E-state index contributed by atoms with van der Waals surface area (Å²) in [5.74, 6) is 1.65. The van der Waals surface area contributed by atoms with Crippen LogP contribution in [0.2, 0.25) is 0 Å². The topological polar surface area (TPSA) is 70.8 Å². The molecule has 0 amide bonds. The van der Waals surface area contributed by atoms with E-state index in [1.807, 2.05) is 31.2 Å². The van der Waals surface area contributed by atoms with Crippen LogP contribution in [-0.2, 0) is 6.54 Å². The van der Waals surface area contributed by atoms with Gasteiger partial charge in [-0.25, -0.2) is 0 Å². The number of ether oxygens (including phenoxy) is 1. The van der Waals surface area contributed by atoms with Gasteiger partial charge >= 0.3 is 0 Å². The summed E-state index contributed by atoms with van der Waals surface area (Å²) in [5, 5.41) is 16.8. The first kappa shape index (κ1) is 26.1. The number of likely N-dealkylation sites (tertiary alicyclic amines) is 1. The first-order chi connectivity index (χ1) is 17.5. The molecule has 1 unspecified atom stereocenters. The molecule has 6 nitrogen and oxygen atoms in total. The van der Waals surface area contributed by atoms with Gasteiger partial charge in [0.15, 0.2) is 0 Å². The largest absolute Gasteiger partial charge is 0.495 e. The molecule has 0 saturated carbocycles. The van der Waals surface area contributed by atoms with Crippen molar-refractivity contribution in [1.82, 2.24) is 15.2 Å². The average molecular weight is 490 g/mol. The highest BCUT2D eigenvalue weighted by Gasteiger charge is 2.22. The second-order valence-electron chi connectivity index (χ2n) is 9.70. The van der Waals surface area contributed by atoms with Crippen molar-refractivity contribution in [2.75, 3.05) is 26.7 Å². The molecule has 5 rings (SSSR count). The molecule has 2 aromatic carbocycles. The summed E-state index contributed by atoms with van der Waals surface area (Å²) in [6.07, 6.45) is 4.55. The Morgan fingerprint density at radius 3 is 2.67 bits per heavy atom. The zero-order chi connectivity index (χ0) is 25.5. The Morgan fingerprint density at radius 2 is 1.92 bits per heavy atom. The predicted octanol–water partition coefficient (Wildman–Crippen LogP) is 6.00. The smallest absolute Gasteiger partial charge is 0.137 e. The number of aliphatic hydroxyl groups excluding tert-OH is 1. The van der Waals surface area contributed by atoms with Gasteiger partial charge in [0.05, 0.1) is 24.9 Å². The molecule has 6 heteroatoms. The number of hydrogen-bond donors (Lipinski definition) is 2. The molecule has 1 aliphatic rings. The summed E-state index contributed by atoms with van der Waals surface area (Å²) in [7, 11) is 1.64. The lowest BCUT2D eigenvalue weighted by molar-refractivity contribution is 0.0949. The number of furan rings is 1. The minimum Gasteiger partial charge on any atom is -0.495 e. The molecule has 0 bridgehead atoms. The van der Waals surface area contributed by atoms with Gasteiger partial charge in [-0.05, 0) is 74.3 Å². The molecule has 3 heterocycles. The molecule has 1 aliphatic heterocycles. The van der Waals surface area contributed by atoms with Crippen LogP contribution in [0.3, 0.4) is 0 Å². The van der Waals surface area contributed by atoms with Crippen molar-refractivity contribution in [2.45, 2.75) is 58.7 Å². The summed E-state index contributed by atoms with van der Waals surface area (Å²) in [5.41, 5.74) is 4.01. The van der Waals surface area contributed by atoms with E-state index in [4.69, 9.17) is 9.15 Å². The van der Waals surface area contributed by atoms with Gasteiger partial charge in [-0.1, -0.05) is 38.5 Å². The number of methoxy groups -OCH3 is 1. The molecule has 1 atom stereocenters. The molecule has 1 saturated heterocycles. The van der Waals surface area contributed by atoms with Gasteiger partial charge in [0, 0.05) is 29.9 Å². The lowest BCUT2D eigenvalue weighted by Gasteiger charge is -2.33.